The highest BCUT2D eigenvalue weighted by molar-refractivity contribution is 5.98. The van der Waals surface area contributed by atoms with Gasteiger partial charge in [0.15, 0.2) is 0 Å². The van der Waals surface area contributed by atoms with Crippen LogP contribution in [0.15, 0.2) is 57.2 Å². The fourth-order valence-corrected chi connectivity index (χ4v) is 2.42. The van der Waals surface area contributed by atoms with Crippen LogP contribution in [0.4, 0.5) is 4.39 Å². The Morgan fingerprint density at radius 2 is 2.12 bits per heavy atom. The van der Waals surface area contributed by atoms with Crippen LogP contribution >= 0.6 is 0 Å². The van der Waals surface area contributed by atoms with E-state index in [1.54, 1.807) is 19.2 Å². The first-order chi connectivity index (χ1) is 11.7. The van der Waals surface area contributed by atoms with Crippen molar-refractivity contribution in [1.29, 1.82) is 5.26 Å². The Morgan fingerprint density at radius 3 is 2.67 bits per heavy atom. The lowest BCUT2D eigenvalue weighted by Crippen LogP contribution is -2.08. The highest BCUT2D eigenvalue weighted by Crippen LogP contribution is 2.19. The first-order valence-electron chi connectivity index (χ1n) is 7.99. The molecule has 0 aromatic heterocycles. The van der Waals surface area contributed by atoms with Crippen molar-refractivity contribution in [2.45, 2.75) is 32.7 Å². The second kappa shape index (κ2) is 8.78. The van der Waals surface area contributed by atoms with Crippen molar-refractivity contribution in [3.8, 4) is 6.07 Å². The highest BCUT2D eigenvalue weighted by Gasteiger charge is 2.10. The van der Waals surface area contributed by atoms with Crippen LogP contribution in [0.1, 0.15) is 31.7 Å². The van der Waals surface area contributed by atoms with Crippen LogP contribution in [0, 0.1) is 17.1 Å². The van der Waals surface area contributed by atoms with Gasteiger partial charge in [-0.15, -0.1) is 0 Å². The molecule has 0 amide bonds. The number of nitriles is 1. The minimum Gasteiger partial charge on any atom is -0.380 e. The van der Waals surface area contributed by atoms with Crippen LogP contribution in [-0.4, -0.2) is 19.1 Å². The van der Waals surface area contributed by atoms with Crippen LogP contribution < -0.4 is 5.32 Å². The van der Waals surface area contributed by atoms with Gasteiger partial charge in [0.25, 0.3) is 0 Å². The van der Waals surface area contributed by atoms with E-state index in [-0.39, 0.29) is 5.82 Å². The lowest BCUT2D eigenvalue weighted by Gasteiger charge is -2.13. The quantitative estimate of drug-likeness (QED) is 0.834. The summed E-state index contributed by atoms with van der Waals surface area (Å²) in [5, 5.41) is 11.9. The summed E-state index contributed by atoms with van der Waals surface area (Å²) in [4.78, 5) is 8.92. The van der Waals surface area contributed by atoms with Gasteiger partial charge in [-0.1, -0.05) is 19.1 Å². The topological polar surface area (TPSA) is 60.5 Å². The zero-order valence-corrected chi connectivity index (χ0v) is 14.0. The molecule has 1 aromatic carbocycles. The Labute approximate surface area is 142 Å². The molecular weight excluding hydrogens is 303 g/mol. The number of halogens is 1. The minimum atomic E-state index is -0.240. The van der Waals surface area contributed by atoms with Gasteiger partial charge in [-0.3, -0.25) is 4.99 Å². The molecule has 1 aliphatic rings. The number of aliphatic imine (C=N–C) groups is 2. The molecule has 0 aliphatic carbocycles. The Balaban J connectivity index is 2.10. The zero-order valence-electron chi connectivity index (χ0n) is 14.0. The van der Waals surface area contributed by atoms with Crippen molar-refractivity contribution in [1.82, 2.24) is 5.32 Å². The zero-order chi connectivity index (χ0) is 17.4. The van der Waals surface area contributed by atoms with E-state index >= 15 is 0 Å². The van der Waals surface area contributed by atoms with Gasteiger partial charge < -0.3 is 5.32 Å². The Hall–Kier alpha value is -2.74. The summed E-state index contributed by atoms with van der Waals surface area (Å²) in [5.41, 5.74) is 3.76. The van der Waals surface area contributed by atoms with Crippen LogP contribution in [0.5, 0.6) is 0 Å². The molecule has 4 nitrogen and oxygen atoms in total. The first kappa shape index (κ1) is 17.6. The molecular formula is C19H21FN4. The maximum Gasteiger partial charge on any atom is 0.123 e. The van der Waals surface area contributed by atoms with E-state index in [2.05, 4.69) is 28.3 Å². The molecule has 0 atom stereocenters. The molecule has 2 rings (SSSR count). The van der Waals surface area contributed by atoms with Gasteiger partial charge in [0.05, 0.1) is 6.54 Å². The summed E-state index contributed by atoms with van der Waals surface area (Å²) in [6, 6.07) is 8.48. The van der Waals surface area contributed by atoms with E-state index in [9.17, 15) is 4.39 Å². The number of nitrogens with one attached hydrogen (secondary N) is 1. The highest BCUT2D eigenvalue weighted by atomic mass is 19.1. The van der Waals surface area contributed by atoms with Crippen molar-refractivity contribution < 1.29 is 4.39 Å². The predicted octanol–water partition coefficient (Wildman–Crippen LogP) is 3.92. The Morgan fingerprint density at radius 1 is 1.38 bits per heavy atom. The molecule has 0 spiro atoms. The number of amidine groups is 1. The molecule has 0 saturated heterocycles. The minimum absolute atomic E-state index is 0.240. The number of rotatable bonds is 5. The lowest BCUT2D eigenvalue weighted by molar-refractivity contribution is 0.627. The summed E-state index contributed by atoms with van der Waals surface area (Å²) in [7, 11) is 1.74. The van der Waals surface area contributed by atoms with Gasteiger partial charge in [-0.05, 0) is 47.8 Å². The monoisotopic (exact) mass is 324 g/mol. The molecule has 0 fully saturated rings. The third-order valence-electron chi connectivity index (χ3n) is 3.85. The van der Waals surface area contributed by atoms with Gasteiger partial charge in [-0.25, -0.2) is 9.38 Å². The van der Waals surface area contributed by atoms with E-state index in [1.807, 2.05) is 12.3 Å². The molecule has 1 aliphatic heterocycles. The van der Waals surface area contributed by atoms with Crippen LogP contribution in [0.3, 0.4) is 0 Å². The Kier molecular flexibility index (Phi) is 6.44. The smallest absolute Gasteiger partial charge is 0.123 e. The van der Waals surface area contributed by atoms with Crippen molar-refractivity contribution >= 4 is 12.1 Å². The summed E-state index contributed by atoms with van der Waals surface area (Å²) >= 11 is 0. The summed E-state index contributed by atoms with van der Waals surface area (Å²) < 4.78 is 12.9. The largest absolute Gasteiger partial charge is 0.380 e. The standard InChI is InChI=1S/C19H21FN4/c1-3-15(10-18(11-21)22-2)16-6-9-19(24-13-16)23-12-14-4-7-17(20)8-5-14/h4-5,7-8,10,13,22H,3,6,9,12H2,1-2H3. The number of nitrogens with zero attached hydrogens (tertiary/aromatic N) is 3. The predicted molar refractivity (Wildman–Crippen MR) is 95.3 cm³/mol. The van der Waals surface area contributed by atoms with Crippen LogP contribution in [-0.2, 0) is 6.54 Å². The van der Waals surface area contributed by atoms with Crippen molar-refractivity contribution in [3.63, 3.8) is 0 Å². The van der Waals surface area contributed by atoms with E-state index in [0.29, 0.717) is 12.2 Å². The van der Waals surface area contributed by atoms with Gasteiger partial charge in [0.2, 0.25) is 0 Å². The molecule has 1 aromatic rings. The van der Waals surface area contributed by atoms with Gasteiger partial charge in [0, 0.05) is 19.7 Å². The second-order valence-electron chi connectivity index (χ2n) is 5.44. The molecule has 5 heteroatoms. The summed E-state index contributed by atoms with van der Waals surface area (Å²) in [6.45, 7) is 2.57. The van der Waals surface area contributed by atoms with Crippen molar-refractivity contribution in [3.05, 3.63) is 58.6 Å². The number of benzene rings is 1. The van der Waals surface area contributed by atoms with Crippen molar-refractivity contribution in [2.75, 3.05) is 7.05 Å². The Bertz CT molecular complexity index is 734. The third-order valence-corrected chi connectivity index (χ3v) is 3.85. The van der Waals surface area contributed by atoms with Crippen LogP contribution in [0.25, 0.3) is 0 Å². The van der Waals surface area contributed by atoms with Crippen LogP contribution in [0.2, 0.25) is 0 Å². The number of hydrogen-bond acceptors (Lipinski definition) is 3. The summed E-state index contributed by atoms with van der Waals surface area (Å²) in [5.74, 6) is 0.562. The lowest BCUT2D eigenvalue weighted by atomic mass is 9.99. The number of allylic oxidation sites excluding steroid dienone is 4. The molecule has 0 bridgehead atoms. The van der Waals surface area contributed by atoms with Gasteiger partial charge >= 0.3 is 0 Å². The molecule has 124 valence electrons. The molecule has 0 unspecified atom stereocenters. The maximum absolute atomic E-state index is 12.9. The normalized spacial score (nSPS) is 18.4. The molecule has 0 saturated carbocycles. The first-order valence-corrected chi connectivity index (χ1v) is 7.99. The molecule has 1 N–H and O–H groups in total. The fraction of sp³-hybridized carbons (Fsp3) is 0.316. The van der Waals surface area contributed by atoms with Gasteiger partial charge in [0.1, 0.15) is 23.4 Å². The maximum atomic E-state index is 12.9. The molecule has 1 heterocycles. The third kappa shape index (κ3) is 4.88. The summed E-state index contributed by atoms with van der Waals surface area (Å²) in [6.07, 6.45) is 6.19. The van der Waals surface area contributed by atoms with Crippen molar-refractivity contribution in [2.24, 2.45) is 9.98 Å². The number of hydrogen-bond donors (Lipinski definition) is 1. The second-order valence-corrected chi connectivity index (χ2v) is 5.44. The average Bonchev–Trinajstić information content (AvgIpc) is 2.63. The molecule has 24 heavy (non-hydrogen) atoms. The SMILES string of the molecule is CCC(C=C(C#N)NC)=C1C=NC(=NCc2ccc(F)cc2)CC1. The van der Waals surface area contributed by atoms with E-state index in [4.69, 9.17) is 5.26 Å². The fourth-order valence-electron chi connectivity index (χ4n) is 2.42. The average molecular weight is 324 g/mol. The van der Waals surface area contributed by atoms with E-state index in [0.717, 1.165) is 41.8 Å². The molecule has 0 radical (unpaired) electrons. The van der Waals surface area contributed by atoms with Gasteiger partial charge in [-0.2, -0.15) is 5.26 Å². The van der Waals surface area contributed by atoms with E-state index in [1.165, 1.54) is 12.1 Å². The van der Waals surface area contributed by atoms with E-state index < -0.39 is 0 Å².